The Kier molecular flexibility index (Phi) is 5.05. The molecule has 1 aromatic rings. The summed E-state index contributed by atoms with van der Waals surface area (Å²) in [5.74, 6) is -2.86. The quantitative estimate of drug-likeness (QED) is 0.842. The summed E-state index contributed by atoms with van der Waals surface area (Å²) in [5, 5.41) is 0. The third-order valence-electron chi connectivity index (χ3n) is 3.56. The van der Waals surface area contributed by atoms with Crippen LogP contribution in [0.25, 0.3) is 0 Å². The maximum Gasteiger partial charge on any atom is 0.410 e. The fourth-order valence-electron chi connectivity index (χ4n) is 2.32. The first-order valence-electron chi connectivity index (χ1n) is 6.93. The molecule has 0 aliphatic carbocycles. The molecule has 2 rings (SSSR count). The summed E-state index contributed by atoms with van der Waals surface area (Å²) in [7, 11) is 0. The lowest BCUT2D eigenvalue weighted by Gasteiger charge is -2.20. The fraction of sp³-hybridized carbons (Fsp3) is 0.467. The molecule has 4 nitrogen and oxygen atoms in total. The second kappa shape index (κ2) is 6.81. The molecule has 0 aromatic heterocycles. The van der Waals surface area contributed by atoms with Crippen molar-refractivity contribution in [3.8, 4) is 0 Å². The van der Waals surface area contributed by atoms with Crippen LogP contribution in [0.5, 0.6) is 0 Å². The molecule has 0 saturated carbocycles. The second-order valence-electron chi connectivity index (χ2n) is 5.13. The Balaban J connectivity index is 1.90. The van der Waals surface area contributed by atoms with Gasteiger partial charge in [-0.05, 0) is 12.0 Å². The highest BCUT2D eigenvalue weighted by Gasteiger charge is 2.45. The minimum absolute atomic E-state index is 0.0426. The Bertz CT molecular complexity index is 531. The molecule has 1 aromatic carbocycles. The fourth-order valence-corrected chi connectivity index (χ4v) is 2.32. The van der Waals surface area contributed by atoms with E-state index < -0.39 is 30.4 Å². The Morgan fingerprint density at radius 1 is 1.23 bits per heavy atom. The number of likely N-dealkylation sites (tertiary alicyclic amines) is 1. The molecule has 1 heterocycles. The molecule has 22 heavy (non-hydrogen) atoms. The van der Waals surface area contributed by atoms with Gasteiger partial charge in [0.05, 0.1) is 0 Å². The summed E-state index contributed by atoms with van der Waals surface area (Å²) in [6.07, 6.45) is -5.96. The van der Waals surface area contributed by atoms with Gasteiger partial charge < -0.3 is 9.64 Å². The molecule has 120 valence electrons. The summed E-state index contributed by atoms with van der Waals surface area (Å²) >= 11 is 0. The predicted molar refractivity (Wildman–Crippen MR) is 72.0 cm³/mol. The van der Waals surface area contributed by atoms with Crippen LogP contribution < -0.4 is 0 Å². The number of ketones is 1. The van der Waals surface area contributed by atoms with Crippen molar-refractivity contribution < 1.29 is 27.5 Å². The van der Waals surface area contributed by atoms with Crippen LogP contribution in [0.15, 0.2) is 30.3 Å². The van der Waals surface area contributed by atoms with Gasteiger partial charge in [0, 0.05) is 19.5 Å². The zero-order valence-corrected chi connectivity index (χ0v) is 11.8. The van der Waals surface area contributed by atoms with E-state index in [4.69, 9.17) is 4.74 Å². The number of hydrogen-bond donors (Lipinski definition) is 0. The van der Waals surface area contributed by atoms with E-state index in [0.29, 0.717) is 0 Å². The topological polar surface area (TPSA) is 46.6 Å². The molecule has 0 bridgehead atoms. The van der Waals surface area contributed by atoms with Crippen molar-refractivity contribution in [2.45, 2.75) is 25.6 Å². The minimum atomic E-state index is -4.55. The Morgan fingerprint density at radius 3 is 2.55 bits per heavy atom. The highest BCUT2D eigenvalue weighted by Crippen LogP contribution is 2.32. The lowest BCUT2D eigenvalue weighted by atomic mass is 9.99. The van der Waals surface area contributed by atoms with Crippen molar-refractivity contribution >= 4 is 11.9 Å². The molecule has 0 N–H and O–H groups in total. The molecule has 1 unspecified atom stereocenters. The summed E-state index contributed by atoms with van der Waals surface area (Å²) in [5.41, 5.74) is 0.787. The van der Waals surface area contributed by atoms with Gasteiger partial charge in [-0.3, -0.25) is 4.79 Å². The van der Waals surface area contributed by atoms with Crippen LogP contribution in [0, 0.1) is 5.92 Å². The van der Waals surface area contributed by atoms with Crippen LogP contribution in [0.3, 0.4) is 0 Å². The summed E-state index contributed by atoms with van der Waals surface area (Å²) in [6.45, 7) is -0.130. The largest absolute Gasteiger partial charge is 0.445 e. The van der Waals surface area contributed by atoms with Crippen molar-refractivity contribution in [1.29, 1.82) is 0 Å². The molecule has 1 fully saturated rings. The lowest BCUT2D eigenvalue weighted by Crippen LogP contribution is -2.33. The van der Waals surface area contributed by atoms with Crippen molar-refractivity contribution in [3.63, 3.8) is 0 Å². The standard InChI is InChI=1S/C15H16F3NO3/c16-15(17,18)12-6-8-19(9-7-13(12)20)14(21)22-10-11-4-2-1-3-5-11/h1-5,12H,6-10H2. The number of rotatable bonds is 2. The van der Waals surface area contributed by atoms with Gasteiger partial charge in [-0.1, -0.05) is 30.3 Å². The van der Waals surface area contributed by atoms with E-state index in [1.807, 2.05) is 6.07 Å². The zero-order valence-electron chi connectivity index (χ0n) is 11.8. The van der Waals surface area contributed by atoms with Crippen molar-refractivity contribution in [2.75, 3.05) is 13.1 Å². The van der Waals surface area contributed by atoms with E-state index in [1.165, 1.54) is 0 Å². The van der Waals surface area contributed by atoms with Crippen LogP contribution in [0.2, 0.25) is 0 Å². The lowest BCUT2D eigenvalue weighted by molar-refractivity contribution is -0.181. The van der Waals surface area contributed by atoms with Crippen LogP contribution in [-0.4, -0.2) is 36.0 Å². The molecule has 0 spiro atoms. The van der Waals surface area contributed by atoms with Gasteiger partial charge in [0.2, 0.25) is 0 Å². The second-order valence-corrected chi connectivity index (χ2v) is 5.13. The maximum atomic E-state index is 12.7. The molecule has 1 aliphatic rings. The smallest absolute Gasteiger partial charge is 0.410 e. The van der Waals surface area contributed by atoms with Crippen molar-refractivity contribution in [3.05, 3.63) is 35.9 Å². The number of halogens is 3. The Morgan fingerprint density at radius 2 is 1.91 bits per heavy atom. The molecule has 1 aliphatic heterocycles. The number of amides is 1. The van der Waals surface area contributed by atoms with E-state index in [2.05, 4.69) is 0 Å². The number of benzene rings is 1. The number of ether oxygens (including phenoxy) is 1. The molecular weight excluding hydrogens is 299 g/mol. The van der Waals surface area contributed by atoms with Crippen LogP contribution >= 0.6 is 0 Å². The normalized spacial score (nSPS) is 19.7. The third kappa shape index (κ3) is 4.22. The average molecular weight is 315 g/mol. The average Bonchev–Trinajstić information content (AvgIpc) is 2.67. The predicted octanol–water partition coefficient (Wildman–Crippen LogP) is 3.17. The van der Waals surface area contributed by atoms with Crippen molar-refractivity contribution in [1.82, 2.24) is 4.90 Å². The SMILES string of the molecule is O=C1CCN(C(=O)OCc2ccccc2)CCC1C(F)(F)F. The van der Waals surface area contributed by atoms with Crippen LogP contribution in [0.1, 0.15) is 18.4 Å². The van der Waals surface area contributed by atoms with Gasteiger partial charge in [0.1, 0.15) is 18.3 Å². The van der Waals surface area contributed by atoms with Crippen LogP contribution in [0.4, 0.5) is 18.0 Å². The number of hydrogen-bond acceptors (Lipinski definition) is 3. The maximum absolute atomic E-state index is 12.7. The molecule has 7 heteroatoms. The monoisotopic (exact) mass is 315 g/mol. The van der Waals surface area contributed by atoms with Gasteiger partial charge in [0.25, 0.3) is 0 Å². The molecular formula is C15H16F3NO3. The highest BCUT2D eigenvalue weighted by molar-refractivity contribution is 5.83. The summed E-state index contributed by atoms with van der Waals surface area (Å²) in [6, 6.07) is 8.96. The van der Waals surface area contributed by atoms with E-state index in [-0.39, 0.29) is 26.1 Å². The molecule has 1 amide bonds. The number of nitrogens with zero attached hydrogens (tertiary/aromatic N) is 1. The van der Waals surface area contributed by atoms with Gasteiger partial charge in [-0.2, -0.15) is 13.2 Å². The minimum Gasteiger partial charge on any atom is -0.445 e. The number of alkyl halides is 3. The van der Waals surface area contributed by atoms with Gasteiger partial charge >= 0.3 is 12.3 Å². The van der Waals surface area contributed by atoms with Crippen LogP contribution in [-0.2, 0) is 16.1 Å². The van der Waals surface area contributed by atoms with Gasteiger partial charge in [-0.25, -0.2) is 4.79 Å². The number of carbonyl (C=O) groups excluding carboxylic acids is 2. The molecule has 0 radical (unpaired) electrons. The Hall–Kier alpha value is -2.05. The summed E-state index contributed by atoms with van der Waals surface area (Å²) in [4.78, 5) is 24.6. The first-order valence-corrected chi connectivity index (χ1v) is 6.93. The van der Waals surface area contributed by atoms with E-state index >= 15 is 0 Å². The van der Waals surface area contributed by atoms with E-state index in [0.717, 1.165) is 10.5 Å². The van der Waals surface area contributed by atoms with E-state index in [9.17, 15) is 22.8 Å². The van der Waals surface area contributed by atoms with Gasteiger partial charge in [-0.15, -0.1) is 0 Å². The molecule has 1 saturated heterocycles. The van der Waals surface area contributed by atoms with Gasteiger partial charge in [0.15, 0.2) is 0 Å². The third-order valence-corrected chi connectivity index (χ3v) is 3.56. The number of Topliss-reactive ketones (excluding diaryl/α,β-unsaturated/α-hetero) is 1. The zero-order chi connectivity index (χ0) is 16.2. The highest BCUT2D eigenvalue weighted by atomic mass is 19.4. The molecule has 1 atom stereocenters. The summed E-state index contributed by atoms with van der Waals surface area (Å²) < 4.78 is 43.2. The van der Waals surface area contributed by atoms with Crippen molar-refractivity contribution in [2.24, 2.45) is 5.92 Å². The first kappa shape index (κ1) is 16.3. The van der Waals surface area contributed by atoms with E-state index in [1.54, 1.807) is 24.3 Å². The number of carbonyl (C=O) groups is 2. The Labute approximate surface area is 125 Å². The first-order chi connectivity index (χ1) is 10.4.